The predicted molar refractivity (Wildman–Crippen MR) is 129 cm³/mol. The standard InChI is InChI=1S/C27H27ClN2O/c1-2-30-19-25(23-13-6-7-14-26(23)30)24(21-11-8-12-22(28)17-21)18-27(31)29-16-15-20-9-4-3-5-10-20/h3-14,17,19,24H,2,15-16,18H2,1H3,(H,29,31). The van der Waals surface area contributed by atoms with Gasteiger partial charge in [0, 0.05) is 47.6 Å². The Labute approximate surface area is 188 Å². The molecule has 0 aliphatic rings. The average molecular weight is 431 g/mol. The summed E-state index contributed by atoms with van der Waals surface area (Å²) in [6.45, 7) is 3.65. The van der Waals surface area contributed by atoms with Crippen LogP contribution in [0.1, 0.15) is 36.0 Å². The van der Waals surface area contributed by atoms with E-state index in [0.717, 1.165) is 24.1 Å². The molecule has 4 rings (SSSR count). The van der Waals surface area contributed by atoms with E-state index in [0.29, 0.717) is 18.0 Å². The summed E-state index contributed by atoms with van der Waals surface area (Å²) in [4.78, 5) is 12.9. The Kier molecular flexibility index (Phi) is 6.73. The average Bonchev–Trinajstić information content (AvgIpc) is 3.17. The number of amides is 1. The van der Waals surface area contributed by atoms with Crippen molar-refractivity contribution in [3.8, 4) is 0 Å². The van der Waals surface area contributed by atoms with Gasteiger partial charge in [0.1, 0.15) is 0 Å². The van der Waals surface area contributed by atoms with Crippen LogP contribution in [0.15, 0.2) is 85.1 Å². The van der Waals surface area contributed by atoms with Gasteiger partial charge >= 0.3 is 0 Å². The quantitative estimate of drug-likeness (QED) is 0.355. The highest BCUT2D eigenvalue weighted by Gasteiger charge is 2.22. The Hall–Kier alpha value is -3.04. The summed E-state index contributed by atoms with van der Waals surface area (Å²) in [6, 6.07) is 26.5. The number of aromatic nitrogens is 1. The van der Waals surface area contributed by atoms with Crippen LogP contribution in [0, 0.1) is 0 Å². The highest BCUT2D eigenvalue weighted by atomic mass is 35.5. The first kappa shape index (κ1) is 21.2. The van der Waals surface area contributed by atoms with E-state index >= 15 is 0 Å². The van der Waals surface area contributed by atoms with Gasteiger partial charge in [-0.25, -0.2) is 0 Å². The van der Waals surface area contributed by atoms with Gasteiger partial charge in [-0.3, -0.25) is 4.79 Å². The normalized spacial score (nSPS) is 12.1. The van der Waals surface area contributed by atoms with E-state index in [1.807, 2.05) is 36.4 Å². The highest BCUT2D eigenvalue weighted by molar-refractivity contribution is 6.30. The van der Waals surface area contributed by atoms with Gasteiger partial charge in [0.15, 0.2) is 0 Å². The molecule has 3 nitrogen and oxygen atoms in total. The van der Waals surface area contributed by atoms with Crippen molar-refractivity contribution in [1.29, 1.82) is 0 Å². The van der Waals surface area contributed by atoms with E-state index in [-0.39, 0.29) is 11.8 Å². The first-order valence-corrected chi connectivity index (χ1v) is 11.2. The molecule has 31 heavy (non-hydrogen) atoms. The fourth-order valence-electron chi connectivity index (χ4n) is 4.19. The minimum Gasteiger partial charge on any atom is -0.356 e. The Morgan fingerprint density at radius 1 is 1.00 bits per heavy atom. The number of carbonyl (C=O) groups is 1. The van der Waals surface area contributed by atoms with Crippen molar-refractivity contribution in [2.45, 2.75) is 32.2 Å². The van der Waals surface area contributed by atoms with E-state index in [9.17, 15) is 4.79 Å². The van der Waals surface area contributed by atoms with Gasteiger partial charge in [-0.15, -0.1) is 0 Å². The molecule has 0 saturated heterocycles. The molecular formula is C27H27ClN2O. The lowest BCUT2D eigenvalue weighted by Gasteiger charge is -2.18. The van der Waals surface area contributed by atoms with Gasteiger partial charge in [-0.2, -0.15) is 0 Å². The molecule has 0 saturated carbocycles. The summed E-state index contributed by atoms with van der Waals surface area (Å²) in [5, 5.41) is 4.98. The van der Waals surface area contributed by atoms with Crippen molar-refractivity contribution in [3.63, 3.8) is 0 Å². The van der Waals surface area contributed by atoms with Gasteiger partial charge in [0.25, 0.3) is 0 Å². The molecule has 0 bridgehead atoms. The van der Waals surface area contributed by atoms with Gasteiger partial charge in [-0.1, -0.05) is 72.3 Å². The molecule has 1 aromatic heterocycles. The molecule has 0 radical (unpaired) electrons. The molecule has 0 fully saturated rings. The third-order valence-corrected chi connectivity index (χ3v) is 5.99. The van der Waals surface area contributed by atoms with E-state index < -0.39 is 0 Å². The maximum Gasteiger partial charge on any atom is 0.220 e. The number of hydrogen-bond acceptors (Lipinski definition) is 1. The molecule has 4 aromatic rings. The molecule has 0 aliphatic carbocycles. The summed E-state index contributed by atoms with van der Waals surface area (Å²) in [7, 11) is 0. The minimum atomic E-state index is -0.0619. The summed E-state index contributed by atoms with van der Waals surface area (Å²) >= 11 is 6.31. The van der Waals surface area contributed by atoms with E-state index in [4.69, 9.17) is 11.6 Å². The van der Waals surface area contributed by atoms with Gasteiger partial charge in [0.2, 0.25) is 5.91 Å². The molecule has 0 aliphatic heterocycles. The highest BCUT2D eigenvalue weighted by Crippen LogP contribution is 2.35. The topological polar surface area (TPSA) is 34.0 Å². The summed E-state index contributed by atoms with van der Waals surface area (Å²) in [6.07, 6.45) is 3.39. The lowest BCUT2D eigenvalue weighted by Crippen LogP contribution is -2.27. The van der Waals surface area contributed by atoms with Crippen molar-refractivity contribution in [1.82, 2.24) is 9.88 Å². The van der Waals surface area contributed by atoms with Crippen molar-refractivity contribution in [2.24, 2.45) is 0 Å². The van der Waals surface area contributed by atoms with Crippen LogP contribution in [0.5, 0.6) is 0 Å². The van der Waals surface area contributed by atoms with Crippen LogP contribution in [0.2, 0.25) is 5.02 Å². The molecule has 1 amide bonds. The number of carbonyl (C=O) groups excluding carboxylic acids is 1. The third kappa shape index (κ3) is 5.00. The van der Waals surface area contributed by atoms with Crippen molar-refractivity contribution in [3.05, 3.63) is 107 Å². The third-order valence-electron chi connectivity index (χ3n) is 5.75. The number of rotatable bonds is 8. The number of nitrogens with one attached hydrogen (secondary N) is 1. The largest absolute Gasteiger partial charge is 0.356 e. The number of halogens is 1. The number of nitrogens with zero attached hydrogens (tertiary/aromatic N) is 1. The zero-order chi connectivity index (χ0) is 21.6. The summed E-state index contributed by atoms with van der Waals surface area (Å²) in [5.74, 6) is -0.0117. The Bertz CT molecular complexity index is 1170. The number of benzene rings is 3. The number of aryl methyl sites for hydroxylation is 1. The smallest absolute Gasteiger partial charge is 0.220 e. The Morgan fingerprint density at radius 2 is 1.77 bits per heavy atom. The second-order valence-electron chi connectivity index (χ2n) is 7.78. The zero-order valence-electron chi connectivity index (χ0n) is 17.7. The Balaban J connectivity index is 1.59. The number of para-hydroxylation sites is 1. The van der Waals surface area contributed by atoms with Crippen molar-refractivity contribution in [2.75, 3.05) is 6.54 Å². The number of hydrogen-bond donors (Lipinski definition) is 1. The summed E-state index contributed by atoms with van der Waals surface area (Å²) in [5.41, 5.74) is 4.64. The van der Waals surface area contributed by atoms with Crippen molar-refractivity contribution >= 4 is 28.4 Å². The number of fused-ring (bicyclic) bond motifs is 1. The van der Waals surface area contributed by atoms with Crippen LogP contribution in [-0.2, 0) is 17.8 Å². The fraction of sp³-hybridized carbons (Fsp3) is 0.222. The molecule has 1 atom stereocenters. The fourth-order valence-corrected chi connectivity index (χ4v) is 4.39. The first-order chi connectivity index (χ1) is 15.2. The first-order valence-electron chi connectivity index (χ1n) is 10.8. The molecular weight excluding hydrogens is 404 g/mol. The van der Waals surface area contributed by atoms with Gasteiger partial charge in [-0.05, 0) is 48.2 Å². The van der Waals surface area contributed by atoms with Gasteiger partial charge in [0.05, 0.1) is 0 Å². The van der Waals surface area contributed by atoms with Crippen LogP contribution in [0.25, 0.3) is 10.9 Å². The van der Waals surface area contributed by atoms with Crippen LogP contribution in [-0.4, -0.2) is 17.0 Å². The molecule has 1 N–H and O–H groups in total. The van der Waals surface area contributed by atoms with Crippen LogP contribution in [0.4, 0.5) is 0 Å². The van der Waals surface area contributed by atoms with Crippen LogP contribution >= 0.6 is 11.6 Å². The second kappa shape index (κ2) is 9.84. The van der Waals surface area contributed by atoms with Crippen LogP contribution < -0.4 is 5.32 Å². The zero-order valence-corrected chi connectivity index (χ0v) is 18.5. The molecule has 3 aromatic carbocycles. The van der Waals surface area contributed by atoms with Gasteiger partial charge < -0.3 is 9.88 Å². The monoisotopic (exact) mass is 430 g/mol. The van der Waals surface area contributed by atoms with Crippen molar-refractivity contribution < 1.29 is 4.79 Å². The maximum atomic E-state index is 12.9. The second-order valence-corrected chi connectivity index (χ2v) is 8.22. The molecule has 158 valence electrons. The summed E-state index contributed by atoms with van der Waals surface area (Å²) < 4.78 is 2.25. The lowest BCUT2D eigenvalue weighted by atomic mass is 9.88. The molecule has 4 heteroatoms. The maximum absolute atomic E-state index is 12.9. The van der Waals surface area contributed by atoms with Crippen LogP contribution in [0.3, 0.4) is 0 Å². The molecule has 1 heterocycles. The predicted octanol–water partition coefficient (Wildman–Crippen LogP) is 6.20. The minimum absolute atomic E-state index is 0.0502. The van der Waals surface area contributed by atoms with E-state index in [1.165, 1.54) is 16.5 Å². The van der Waals surface area contributed by atoms with E-state index in [2.05, 4.69) is 65.5 Å². The Morgan fingerprint density at radius 3 is 2.55 bits per heavy atom. The van der Waals surface area contributed by atoms with E-state index in [1.54, 1.807) is 0 Å². The molecule has 0 spiro atoms. The molecule has 1 unspecified atom stereocenters. The SMILES string of the molecule is CCn1cc(C(CC(=O)NCCc2ccccc2)c2cccc(Cl)c2)c2ccccc21. The lowest BCUT2D eigenvalue weighted by molar-refractivity contribution is -0.121.